The van der Waals surface area contributed by atoms with Crippen LogP contribution in [0.15, 0.2) is 55.1 Å². The highest BCUT2D eigenvalue weighted by atomic mass is 16.2. The lowest BCUT2D eigenvalue weighted by Gasteiger charge is -2.34. The number of aromatic nitrogens is 3. The molecular weight excluding hydrogens is 354 g/mol. The quantitative estimate of drug-likeness (QED) is 0.705. The Balaban J connectivity index is 1.51. The summed E-state index contributed by atoms with van der Waals surface area (Å²) in [7, 11) is 0. The molecule has 0 unspecified atom stereocenters. The van der Waals surface area contributed by atoms with E-state index in [1.807, 2.05) is 38.1 Å². The average Bonchev–Trinajstić information content (AvgIpc) is 3.21. The molecule has 1 aliphatic heterocycles. The first-order chi connectivity index (χ1) is 13.5. The van der Waals surface area contributed by atoms with Gasteiger partial charge in [-0.1, -0.05) is 12.1 Å². The van der Waals surface area contributed by atoms with Crippen LogP contribution < -0.4 is 4.90 Å². The molecule has 0 aliphatic carbocycles. The van der Waals surface area contributed by atoms with Crippen LogP contribution in [0.5, 0.6) is 0 Å². The second kappa shape index (κ2) is 7.26. The minimum Gasteiger partial charge on any atom is -0.328 e. The predicted molar refractivity (Wildman–Crippen MR) is 106 cm³/mol. The van der Waals surface area contributed by atoms with E-state index in [-0.39, 0.29) is 18.4 Å². The third-order valence-electron chi connectivity index (χ3n) is 4.84. The zero-order valence-corrected chi connectivity index (χ0v) is 15.9. The highest BCUT2D eigenvalue weighted by molar-refractivity contribution is 6.02. The monoisotopic (exact) mass is 375 g/mol. The van der Waals surface area contributed by atoms with Gasteiger partial charge in [-0.3, -0.25) is 14.2 Å². The highest BCUT2D eigenvalue weighted by Crippen LogP contribution is 2.22. The third-order valence-corrected chi connectivity index (χ3v) is 4.84. The van der Waals surface area contributed by atoms with Crippen LogP contribution in [0, 0.1) is 13.8 Å². The van der Waals surface area contributed by atoms with Crippen LogP contribution in [0.3, 0.4) is 0 Å². The lowest BCUT2D eigenvalue weighted by Crippen LogP contribution is -2.52. The van der Waals surface area contributed by atoms with E-state index in [2.05, 4.69) is 16.3 Å². The van der Waals surface area contributed by atoms with Gasteiger partial charge in [0.1, 0.15) is 19.2 Å². The van der Waals surface area contributed by atoms with Gasteiger partial charge in [0.15, 0.2) is 0 Å². The van der Waals surface area contributed by atoms with Crippen LogP contribution in [0.1, 0.15) is 21.5 Å². The first-order valence-corrected chi connectivity index (χ1v) is 9.14. The molecule has 0 N–H and O–H groups in total. The van der Waals surface area contributed by atoms with E-state index in [1.54, 1.807) is 39.2 Å². The van der Waals surface area contributed by atoms with Crippen LogP contribution >= 0.6 is 0 Å². The number of amides is 2. The van der Waals surface area contributed by atoms with Gasteiger partial charge < -0.3 is 9.80 Å². The number of hydrogen-bond acceptors (Lipinski definition) is 4. The second-order valence-electron chi connectivity index (χ2n) is 7.04. The summed E-state index contributed by atoms with van der Waals surface area (Å²) in [6.45, 7) is 5.09. The molecule has 28 heavy (non-hydrogen) atoms. The number of aryl methyl sites for hydroxylation is 2. The van der Waals surface area contributed by atoms with E-state index in [4.69, 9.17) is 0 Å². The Hall–Kier alpha value is -3.48. The van der Waals surface area contributed by atoms with Gasteiger partial charge in [0.25, 0.3) is 5.91 Å². The van der Waals surface area contributed by atoms with Crippen molar-refractivity contribution in [2.75, 3.05) is 24.5 Å². The molecule has 7 heteroatoms. The van der Waals surface area contributed by atoms with Crippen LogP contribution in [0.25, 0.3) is 5.69 Å². The van der Waals surface area contributed by atoms with Crippen molar-refractivity contribution in [2.24, 2.45) is 0 Å². The molecule has 0 spiro atoms. The Morgan fingerprint density at radius 2 is 1.64 bits per heavy atom. The van der Waals surface area contributed by atoms with Crippen LogP contribution in [-0.2, 0) is 4.79 Å². The third kappa shape index (κ3) is 3.51. The molecule has 1 aromatic heterocycles. The fourth-order valence-electron chi connectivity index (χ4n) is 3.54. The maximum atomic E-state index is 12.9. The molecule has 0 radical (unpaired) electrons. The lowest BCUT2D eigenvalue weighted by molar-refractivity contribution is -0.120. The summed E-state index contributed by atoms with van der Waals surface area (Å²) in [6.07, 6.45) is 3.16. The summed E-state index contributed by atoms with van der Waals surface area (Å²) in [4.78, 5) is 29.0. The van der Waals surface area contributed by atoms with Gasteiger partial charge in [0.2, 0.25) is 5.91 Å². The van der Waals surface area contributed by atoms with Crippen molar-refractivity contribution in [3.8, 4) is 5.69 Å². The van der Waals surface area contributed by atoms with Gasteiger partial charge in [-0.2, -0.15) is 0 Å². The molecule has 2 amide bonds. The lowest BCUT2D eigenvalue weighted by atomic mass is 10.1. The van der Waals surface area contributed by atoms with Crippen molar-refractivity contribution >= 4 is 17.5 Å². The second-order valence-corrected chi connectivity index (χ2v) is 7.04. The van der Waals surface area contributed by atoms with Crippen molar-refractivity contribution in [1.29, 1.82) is 0 Å². The normalized spacial score (nSPS) is 14.4. The Morgan fingerprint density at radius 1 is 0.929 bits per heavy atom. The van der Waals surface area contributed by atoms with E-state index < -0.39 is 0 Å². The molecule has 3 aromatic rings. The molecule has 4 rings (SSSR count). The zero-order valence-electron chi connectivity index (χ0n) is 15.9. The zero-order chi connectivity index (χ0) is 19.7. The smallest absolute Gasteiger partial charge is 0.254 e. The van der Waals surface area contributed by atoms with Crippen LogP contribution in [0.2, 0.25) is 0 Å². The molecule has 0 bridgehead atoms. The summed E-state index contributed by atoms with van der Waals surface area (Å²) < 4.78 is 1.74. The SMILES string of the molecule is Cc1cc(C)cc(N2CCN(C(=O)c3cccc(-n4cnnc4)c3)CC2=O)c1. The standard InChI is InChI=1S/C21H21N5O2/c1-15-8-16(2)10-19(9-15)26-7-6-24(12-20(26)27)21(28)17-4-3-5-18(11-17)25-13-22-23-14-25/h3-5,8-11,13-14H,6-7,12H2,1-2H3. The van der Waals surface area contributed by atoms with E-state index in [9.17, 15) is 9.59 Å². The van der Waals surface area contributed by atoms with Crippen molar-refractivity contribution < 1.29 is 9.59 Å². The Labute approximate surface area is 163 Å². The number of nitrogens with zero attached hydrogens (tertiary/aromatic N) is 5. The minimum atomic E-state index is -0.150. The number of benzene rings is 2. The van der Waals surface area contributed by atoms with E-state index in [0.717, 1.165) is 22.5 Å². The molecule has 1 aliphatic rings. The molecular formula is C21H21N5O2. The number of piperazine rings is 1. The number of hydrogen-bond donors (Lipinski definition) is 0. The number of carbonyl (C=O) groups excluding carboxylic acids is 2. The summed E-state index contributed by atoms with van der Waals surface area (Å²) in [5.74, 6) is -0.220. The Kier molecular flexibility index (Phi) is 4.65. The van der Waals surface area contributed by atoms with E-state index >= 15 is 0 Å². The molecule has 7 nitrogen and oxygen atoms in total. The summed E-state index contributed by atoms with van der Waals surface area (Å²) in [5.41, 5.74) is 4.47. The molecule has 0 atom stereocenters. The van der Waals surface area contributed by atoms with Gasteiger partial charge in [0, 0.05) is 30.0 Å². The molecule has 0 saturated carbocycles. The summed E-state index contributed by atoms with van der Waals surface area (Å²) in [5, 5.41) is 7.58. The first kappa shape index (κ1) is 17.9. The van der Waals surface area contributed by atoms with Gasteiger partial charge >= 0.3 is 0 Å². The topological polar surface area (TPSA) is 71.3 Å². The fourth-order valence-corrected chi connectivity index (χ4v) is 3.54. The molecule has 1 saturated heterocycles. The van der Waals surface area contributed by atoms with E-state index in [1.165, 1.54) is 0 Å². The Bertz CT molecular complexity index is 1010. The maximum Gasteiger partial charge on any atom is 0.254 e. The highest BCUT2D eigenvalue weighted by Gasteiger charge is 2.29. The number of anilines is 1. The number of carbonyl (C=O) groups is 2. The van der Waals surface area contributed by atoms with E-state index in [0.29, 0.717) is 18.7 Å². The molecule has 1 fully saturated rings. The average molecular weight is 375 g/mol. The first-order valence-electron chi connectivity index (χ1n) is 9.14. The van der Waals surface area contributed by atoms with Gasteiger partial charge in [-0.25, -0.2) is 0 Å². The number of rotatable bonds is 3. The largest absolute Gasteiger partial charge is 0.328 e. The fraction of sp³-hybridized carbons (Fsp3) is 0.238. The summed E-state index contributed by atoms with van der Waals surface area (Å²) >= 11 is 0. The van der Waals surface area contributed by atoms with Gasteiger partial charge in [-0.05, 0) is 55.3 Å². The van der Waals surface area contributed by atoms with Crippen molar-refractivity contribution in [1.82, 2.24) is 19.7 Å². The summed E-state index contributed by atoms with van der Waals surface area (Å²) in [6, 6.07) is 13.3. The minimum absolute atomic E-state index is 0.0698. The Morgan fingerprint density at radius 3 is 2.32 bits per heavy atom. The van der Waals surface area contributed by atoms with Crippen molar-refractivity contribution in [2.45, 2.75) is 13.8 Å². The van der Waals surface area contributed by atoms with Crippen LogP contribution in [-0.4, -0.2) is 51.1 Å². The van der Waals surface area contributed by atoms with Crippen molar-refractivity contribution in [3.05, 3.63) is 71.8 Å². The molecule has 2 heterocycles. The maximum absolute atomic E-state index is 12.9. The van der Waals surface area contributed by atoms with Gasteiger partial charge in [0.05, 0.1) is 0 Å². The van der Waals surface area contributed by atoms with Crippen molar-refractivity contribution in [3.63, 3.8) is 0 Å². The predicted octanol–water partition coefficient (Wildman–Crippen LogP) is 2.37. The molecule has 2 aromatic carbocycles. The van der Waals surface area contributed by atoms with Crippen LogP contribution in [0.4, 0.5) is 5.69 Å². The van der Waals surface area contributed by atoms with Gasteiger partial charge in [-0.15, -0.1) is 10.2 Å². The molecule has 142 valence electrons.